The van der Waals surface area contributed by atoms with E-state index in [1.54, 1.807) is 0 Å². The van der Waals surface area contributed by atoms with E-state index in [2.05, 4.69) is 15.8 Å². The fraction of sp³-hybridized carbons (Fsp3) is 0.429. The molecule has 7 nitrogen and oxygen atoms in total. The fourth-order valence-electron chi connectivity index (χ4n) is 2.51. The molecule has 2 N–H and O–H groups in total. The van der Waals surface area contributed by atoms with Gasteiger partial charge in [0.05, 0.1) is 0 Å². The highest BCUT2D eigenvalue weighted by molar-refractivity contribution is 5.95. The lowest BCUT2D eigenvalue weighted by Crippen LogP contribution is -2.49. The molecule has 1 fully saturated rings. The molecule has 0 spiro atoms. The van der Waals surface area contributed by atoms with E-state index in [0.717, 1.165) is 12.8 Å². The molecule has 1 aromatic rings. The third kappa shape index (κ3) is 3.77. The monoisotopic (exact) mass is 290 g/mol. The smallest absolute Gasteiger partial charge is 0.269 e. The molecular formula is C14H16N3O4-. The number of hydrogen-bond donors (Lipinski definition) is 2. The molecule has 21 heavy (non-hydrogen) atoms. The summed E-state index contributed by atoms with van der Waals surface area (Å²) in [6, 6.07) is 3.01. The van der Waals surface area contributed by atoms with Crippen molar-refractivity contribution in [2.45, 2.75) is 25.7 Å². The normalized spacial score (nSPS) is 21.3. The number of nitrogens with one attached hydrogen (secondary N) is 2. The number of pyridine rings is 1. The molecule has 112 valence electrons. The van der Waals surface area contributed by atoms with Gasteiger partial charge in [-0.25, -0.2) is 0 Å². The summed E-state index contributed by atoms with van der Waals surface area (Å²) in [4.78, 5) is 38.6. The van der Waals surface area contributed by atoms with Crippen LogP contribution in [0.25, 0.3) is 0 Å². The molecule has 2 rings (SSSR count). The highest BCUT2D eigenvalue weighted by Crippen LogP contribution is 2.29. The molecule has 2 amide bonds. The first kappa shape index (κ1) is 15.0. The van der Waals surface area contributed by atoms with Crippen LogP contribution in [0.2, 0.25) is 0 Å². The van der Waals surface area contributed by atoms with Crippen LogP contribution in [-0.2, 0) is 9.59 Å². The van der Waals surface area contributed by atoms with Gasteiger partial charge in [0.1, 0.15) is 0 Å². The number of carbonyl (C=O) groups is 3. The summed E-state index contributed by atoms with van der Waals surface area (Å²) >= 11 is 0. The van der Waals surface area contributed by atoms with Crippen molar-refractivity contribution in [2.24, 2.45) is 11.8 Å². The predicted octanol–water partition coefficient (Wildman–Crippen LogP) is -0.601. The van der Waals surface area contributed by atoms with Gasteiger partial charge in [-0.2, -0.15) is 0 Å². The molecule has 1 saturated carbocycles. The Kier molecular flexibility index (Phi) is 4.86. The minimum atomic E-state index is -1.21. The number of nitrogens with zero attached hydrogens (tertiary/aromatic N) is 1. The number of hydrazine groups is 1. The van der Waals surface area contributed by atoms with Crippen molar-refractivity contribution in [3.8, 4) is 0 Å². The Bertz CT molecular complexity index is 532. The summed E-state index contributed by atoms with van der Waals surface area (Å²) in [7, 11) is 0. The molecule has 1 heterocycles. The standard InChI is InChI=1S/C14H17N3O4/c18-12(9-5-7-15-8-6-9)16-17-13(19)10-3-1-2-4-11(10)14(20)21/h5-8,10-11H,1-4H2,(H,16,18)(H,17,19)(H,20,21)/p-1/t10-,11+/m1/s1. The topological polar surface area (TPSA) is 111 Å². The maximum absolute atomic E-state index is 12.0. The van der Waals surface area contributed by atoms with E-state index < -0.39 is 29.6 Å². The summed E-state index contributed by atoms with van der Waals surface area (Å²) in [5.74, 6) is -3.65. The number of aliphatic carboxylic acids is 1. The average molecular weight is 290 g/mol. The first-order valence-corrected chi connectivity index (χ1v) is 6.80. The minimum Gasteiger partial charge on any atom is -0.550 e. The van der Waals surface area contributed by atoms with Crippen LogP contribution in [-0.4, -0.2) is 22.8 Å². The van der Waals surface area contributed by atoms with Crippen LogP contribution in [0.3, 0.4) is 0 Å². The Morgan fingerprint density at radius 1 is 1.05 bits per heavy atom. The Hall–Kier alpha value is -2.44. The molecule has 7 heteroatoms. The highest BCUT2D eigenvalue weighted by Gasteiger charge is 2.31. The van der Waals surface area contributed by atoms with E-state index in [1.165, 1.54) is 24.5 Å². The van der Waals surface area contributed by atoms with Gasteiger partial charge in [-0.05, 0) is 25.0 Å². The lowest BCUT2D eigenvalue weighted by molar-refractivity contribution is -0.314. The van der Waals surface area contributed by atoms with E-state index >= 15 is 0 Å². The SMILES string of the molecule is O=C(NNC(=O)[C@@H]1CCCC[C@@H]1C(=O)[O-])c1ccncc1. The Labute approximate surface area is 121 Å². The fourth-order valence-corrected chi connectivity index (χ4v) is 2.51. The van der Waals surface area contributed by atoms with Crippen LogP contribution in [0.4, 0.5) is 0 Å². The summed E-state index contributed by atoms with van der Waals surface area (Å²) in [5.41, 5.74) is 4.91. The van der Waals surface area contributed by atoms with Crippen LogP contribution < -0.4 is 16.0 Å². The van der Waals surface area contributed by atoms with Crippen LogP contribution in [0.1, 0.15) is 36.0 Å². The first-order valence-electron chi connectivity index (χ1n) is 6.80. The number of rotatable bonds is 3. The molecule has 0 unspecified atom stereocenters. The molecule has 1 aliphatic rings. The van der Waals surface area contributed by atoms with E-state index in [-0.39, 0.29) is 0 Å². The summed E-state index contributed by atoms with van der Waals surface area (Å²) < 4.78 is 0. The molecule has 0 bridgehead atoms. The van der Waals surface area contributed by atoms with Crippen LogP contribution in [0.15, 0.2) is 24.5 Å². The van der Waals surface area contributed by atoms with Gasteiger partial charge in [0.15, 0.2) is 0 Å². The summed E-state index contributed by atoms with van der Waals surface area (Å²) in [6.07, 6.45) is 5.40. The molecular weight excluding hydrogens is 274 g/mol. The lowest BCUT2D eigenvalue weighted by atomic mass is 9.79. The third-order valence-corrected chi connectivity index (χ3v) is 3.65. The Morgan fingerprint density at radius 3 is 2.29 bits per heavy atom. The van der Waals surface area contributed by atoms with Gasteiger partial charge in [-0.15, -0.1) is 0 Å². The van der Waals surface area contributed by atoms with Gasteiger partial charge in [0, 0.05) is 35.8 Å². The number of aromatic nitrogens is 1. The maximum Gasteiger partial charge on any atom is 0.269 e. The quantitative estimate of drug-likeness (QED) is 0.722. The number of hydrogen-bond acceptors (Lipinski definition) is 5. The number of amides is 2. The molecule has 0 saturated heterocycles. The minimum absolute atomic E-state index is 0.352. The van der Waals surface area contributed by atoms with Gasteiger partial charge in [-0.3, -0.25) is 25.4 Å². The van der Waals surface area contributed by atoms with Crippen molar-refractivity contribution in [3.63, 3.8) is 0 Å². The zero-order valence-electron chi connectivity index (χ0n) is 11.4. The van der Waals surface area contributed by atoms with Gasteiger partial charge in [0.2, 0.25) is 5.91 Å². The summed E-state index contributed by atoms with van der Waals surface area (Å²) in [5, 5.41) is 11.0. The van der Waals surface area contributed by atoms with Crippen molar-refractivity contribution >= 4 is 17.8 Å². The lowest BCUT2D eigenvalue weighted by Gasteiger charge is -2.31. The predicted molar refractivity (Wildman–Crippen MR) is 70.3 cm³/mol. The highest BCUT2D eigenvalue weighted by atomic mass is 16.4. The van der Waals surface area contributed by atoms with Crippen molar-refractivity contribution in [1.29, 1.82) is 0 Å². The van der Waals surface area contributed by atoms with E-state index in [0.29, 0.717) is 18.4 Å². The Morgan fingerprint density at radius 2 is 1.67 bits per heavy atom. The molecule has 0 radical (unpaired) electrons. The zero-order valence-corrected chi connectivity index (χ0v) is 11.4. The van der Waals surface area contributed by atoms with Crippen LogP contribution in [0, 0.1) is 11.8 Å². The van der Waals surface area contributed by atoms with E-state index in [1.807, 2.05) is 0 Å². The summed E-state index contributed by atoms with van der Waals surface area (Å²) in [6.45, 7) is 0. The third-order valence-electron chi connectivity index (χ3n) is 3.65. The van der Waals surface area contributed by atoms with Gasteiger partial charge in [0.25, 0.3) is 5.91 Å². The van der Waals surface area contributed by atoms with Crippen molar-refractivity contribution in [3.05, 3.63) is 30.1 Å². The van der Waals surface area contributed by atoms with E-state index in [4.69, 9.17) is 0 Å². The molecule has 0 aliphatic heterocycles. The number of carbonyl (C=O) groups excluding carboxylic acids is 3. The second kappa shape index (κ2) is 6.83. The second-order valence-corrected chi connectivity index (χ2v) is 5.00. The van der Waals surface area contributed by atoms with Gasteiger partial charge >= 0.3 is 0 Å². The molecule has 2 atom stereocenters. The second-order valence-electron chi connectivity index (χ2n) is 5.00. The largest absolute Gasteiger partial charge is 0.550 e. The molecule has 1 aromatic heterocycles. The van der Waals surface area contributed by atoms with E-state index in [9.17, 15) is 19.5 Å². The van der Waals surface area contributed by atoms with Gasteiger partial charge in [-0.1, -0.05) is 12.8 Å². The molecule has 0 aromatic carbocycles. The average Bonchev–Trinajstić information content (AvgIpc) is 2.53. The van der Waals surface area contributed by atoms with Crippen molar-refractivity contribution in [1.82, 2.24) is 15.8 Å². The number of carboxylic acid groups (broad SMARTS) is 1. The number of carboxylic acids is 1. The first-order chi connectivity index (χ1) is 10.1. The van der Waals surface area contributed by atoms with Crippen molar-refractivity contribution < 1.29 is 19.5 Å². The van der Waals surface area contributed by atoms with Crippen LogP contribution >= 0.6 is 0 Å². The van der Waals surface area contributed by atoms with Gasteiger partial charge < -0.3 is 9.90 Å². The Balaban J connectivity index is 1.92. The van der Waals surface area contributed by atoms with Crippen molar-refractivity contribution in [2.75, 3.05) is 0 Å². The maximum atomic E-state index is 12.0. The zero-order chi connectivity index (χ0) is 15.2. The molecule has 1 aliphatic carbocycles. The van der Waals surface area contributed by atoms with Crippen LogP contribution in [0.5, 0.6) is 0 Å².